The molecule has 0 saturated heterocycles. The highest BCUT2D eigenvalue weighted by atomic mass is 35.5. The van der Waals surface area contributed by atoms with E-state index in [1.54, 1.807) is 23.1 Å². The summed E-state index contributed by atoms with van der Waals surface area (Å²) < 4.78 is 6.76. The van der Waals surface area contributed by atoms with Crippen molar-refractivity contribution in [1.82, 2.24) is 4.98 Å². The zero-order valence-corrected chi connectivity index (χ0v) is 19.2. The van der Waals surface area contributed by atoms with E-state index >= 15 is 0 Å². The number of aryl methyl sites for hydroxylation is 1. The fourth-order valence-corrected chi connectivity index (χ4v) is 4.64. The normalized spacial score (nSPS) is 10.9. The Hall–Kier alpha value is -2.60. The molecule has 4 nitrogen and oxygen atoms in total. The molecular weight excluding hydrogens is 451 g/mol. The van der Waals surface area contributed by atoms with Gasteiger partial charge in [0.25, 0.3) is 5.91 Å². The van der Waals surface area contributed by atoms with Gasteiger partial charge in [0.15, 0.2) is 11.7 Å². The lowest BCUT2D eigenvalue weighted by molar-refractivity contribution is -0.120. The molecule has 1 amide bonds. The first-order valence-electron chi connectivity index (χ1n) is 9.85. The maximum Gasteiger partial charge on any atom is 0.267 e. The van der Waals surface area contributed by atoms with E-state index in [0.29, 0.717) is 27.5 Å². The summed E-state index contributed by atoms with van der Waals surface area (Å²) in [5, 5.41) is 1.51. The van der Waals surface area contributed by atoms with Gasteiger partial charge in [0.1, 0.15) is 5.75 Å². The topological polar surface area (TPSA) is 42.4 Å². The Bertz CT molecular complexity index is 1210. The first kappa shape index (κ1) is 21.6. The monoisotopic (exact) mass is 470 g/mol. The number of anilines is 1. The van der Waals surface area contributed by atoms with Gasteiger partial charge in [-0.2, -0.15) is 0 Å². The Morgan fingerprint density at radius 2 is 1.84 bits per heavy atom. The van der Waals surface area contributed by atoms with Crippen molar-refractivity contribution in [2.45, 2.75) is 19.9 Å². The third kappa shape index (κ3) is 5.18. The van der Waals surface area contributed by atoms with Crippen LogP contribution in [-0.2, 0) is 17.8 Å². The van der Waals surface area contributed by atoms with E-state index in [1.807, 2.05) is 36.4 Å². The van der Waals surface area contributed by atoms with Crippen LogP contribution >= 0.6 is 34.5 Å². The van der Waals surface area contributed by atoms with Crippen LogP contribution in [-0.4, -0.2) is 17.5 Å². The smallest absolute Gasteiger partial charge is 0.267 e. The Balaban J connectivity index is 1.61. The molecule has 3 aromatic carbocycles. The van der Waals surface area contributed by atoms with E-state index in [9.17, 15) is 4.79 Å². The fraction of sp³-hybridized carbons (Fsp3) is 0.167. The fourth-order valence-electron chi connectivity index (χ4n) is 3.13. The molecule has 0 radical (unpaired) electrons. The van der Waals surface area contributed by atoms with Crippen molar-refractivity contribution in [3.05, 3.63) is 87.9 Å². The van der Waals surface area contributed by atoms with Crippen molar-refractivity contribution in [1.29, 1.82) is 0 Å². The summed E-state index contributed by atoms with van der Waals surface area (Å²) in [4.78, 5) is 19.6. The molecule has 7 heteroatoms. The molecule has 1 heterocycles. The number of benzene rings is 3. The summed E-state index contributed by atoms with van der Waals surface area (Å²) in [5.41, 5.74) is 3.13. The van der Waals surface area contributed by atoms with Gasteiger partial charge in [0.2, 0.25) is 0 Å². The Morgan fingerprint density at radius 3 is 2.58 bits per heavy atom. The minimum Gasteiger partial charge on any atom is -0.482 e. The number of thiazole rings is 1. The van der Waals surface area contributed by atoms with Crippen LogP contribution in [0.2, 0.25) is 10.0 Å². The van der Waals surface area contributed by atoms with Crippen LogP contribution in [0.15, 0.2) is 66.7 Å². The van der Waals surface area contributed by atoms with E-state index in [4.69, 9.17) is 32.9 Å². The molecule has 0 aliphatic rings. The number of carbonyl (C=O) groups is 1. The molecule has 0 saturated carbocycles. The van der Waals surface area contributed by atoms with Gasteiger partial charge in [-0.3, -0.25) is 9.69 Å². The second-order valence-corrected chi connectivity index (χ2v) is 8.83. The number of hydrogen-bond acceptors (Lipinski definition) is 4. The summed E-state index contributed by atoms with van der Waals surface area (Å²) in [6.45, 7) is 2.36. The molecule has 4 rings (SSSR count). The molecule has 31 heavy (non-hydrogen) atoms. The van der Waals surface area contributed by atoms with Crippen LogP contribution in [0.5, 0.6) is 5.75 Å². The number of amides is 1. The molecule has 0 spiro atoms. The van der Waals surface area contributed by atoms with Gasteiger partial charge in [-0.1, -0.05) is 77.9 Å². The third-order valence-corrected chi connectivity index (χ3v) is 6.38. The summed E-state index contributed by atoms with van der Waals surface area (Å²) in [6, 6.07) is 20.9. The maximum absolute atomic E-state index is 13.2. The first-order chi connectivity index (χ1) is 15.0. The van der Waals surface area contributed by atoms with Gasteiger partial charge in [-0.05, 0) is 47.9 Å². The summed E-state index contributed by atoms with van der Waals surface area (Å²) in [7, 11) is 0. The van der Waals surface area contributed by atoms with Crippen molar-refractivity contribution in [2.24, 2.45) is 0 Å². The zero-order chi connectivity index (χ0) is 21.8. The number of hydrogen-bond donors (Lipinski definition) is 0. The van der Waals surface area contributed by atoms with Gasteiger partial charge in [-0.25, -0.2) is 4.98 Å². The van der Waals surface area contributed by atoms with E-state index in [0.717, 1.165) is 22.2 Å². The van der Waals surface area contributed by atoms with Gasteiger partial charge in [-0.15, -0.1) is 0 Å². The second kappa shape index (κ2) is 9.69. The summed E-state index contributed by atoms with van der Waals surface area (Å²) >= 11 is 13.6. The number of fused-ring (bicyclic) bond motifs is 1. The minimum absolute atomic E-state index is 0.162. The Kier molecular flexibility index (Phi) is 6.76. The lowest BCUT2D eigenvalue weighted by atomic mass is 10.2. The summed E-state index contributed by atoms with van der Waals surface area (Å²) in [6.07, 6.45) is 0.950. The average Bonchev–Trinajstić information content (AvgIpc) is 3.20. The van der Waals surface area contributed by atoms with Crippen LogP contribution in [0.4, 0.5) is 5.13 Å². The molecule has 0 aliphatic heterocycles. The largest absolute Gasteiger partial charge is 0.482 e. The lowest BCUT2D eigenvalue weighted by Gasteiger charge is -2.20. The highest BCUT2D eigenvalue weighted by Gasteiger charge is 2.21. The molecule has 1 aromatic heterocycles. The van der Waals surface area contributed by atoms with E-state index in [-0.39, 0.29) is 12.5 Å². The van der Waals surface area contributed by atoms with Crippen LogP contribution in [0.25, 0.3) is 10.2 Å². The predicted octanol–water partition coefficient (Wildman–Crippen LogP) is 6.78. The SMILES string of the molecule is CCc1ccc2nc(N(Cc3ccccc3)C(=O)COc3ccc(Cl)cc3Cl)sc2c1. The van der Waals surface area contributed by atoms with Crippen LogP contribution < -0.4 is 9.64 Å². The highest BCUT2D eigenvalue weighted by Crippen LogP contribution is 2.31. The number of aromatic nitrogens is 1. The molecular formula is C24H20Cl2N2O2S. The highest BCUT2D eigenvalue weighted by molar-refractivity contribution is 7.22. The molecule has 0 bridgehead atoms. The van der Waals surface area contributed by atoms with Crippen LogP contribution in [0, 0.1) is 0 Å². The molecule has 0 atom stereocenters. The molecule has 0 N–H and O–H groups in total. The van der Waals surface area contributed by atoms with Gasteiger partial charge >= 0.3 is 0 Å². The van der Waals surface area contributed by atoms with Crippen molar-refractivity contribution < 1.29 is 9.53 Å². The predicted molar refractivity (Wildman–Crippen MR) is 129 cm³/mol. The number of nitrogens with zero attached hydrogens (tertiary/aromatic N) is 2. The molecule has 0 fully saturated rings. The summed E-state index contributed by atoms with van der Waals surface area (Å²) in [5.74, 6) is 0.209. The van der Waals surface area contributed by atoms with Crippen molar-refractivity contribution in [3.8, 4) is 5.75 Å². The maximum atomic E-state index is 13.2. The van der Waals surface area contributed by atoms with Crippen molar-refractivity contribution in [3.63, 3.8) is 0 Å². The van der Waals surface area contributed by atoms with Crippen LogP contribution in [0.3, 0.4) is 0 Å². The first-order valence-corrected chi connectivity index (χ1v) is 11.4. The quantitative estimate of drug-likeness (QED) is 0.299. The molecule has 0 aliphatic carbocycles. The van der Waals surface area contributed by atoms with Crippen LogP contribution in [0.1, 0.15) is 18.1 Å². The van der Waals surface area contributed by atoms with E-state index in [1.165, 1.54) is 16.9 Å². The third-order valence-electron chi connectivity index (χ3n) is 4.81. The lowest BCUT2D eigenvalue weighted by Crippen LogP contribution is -2.34. The van der Waals surface area contributed by atoms with E-state index in [2.05, 4.69) is 19.1 Å². The average molecular weight is 471 g/mol. The van der Waals surface area contributed by atoms with E-state index < -0.39 is 0 Å². The molecule has 4 aromatic rings. The standard InChI is InChI=1S/C24H20Cl2N2O2S/c1-2-16-8-10-20-22(12-16)31-24(27-20)28(14-17-6-4-3-5-7-17)23(29)15-30-21-11-9-18(25)13-19(21)26/h3-13H,2,14-15H2,1H3. The number of ether oxygens (including phenoxy) is 1. The van der Waals surface area contributed by atoms with Gasteiger partial charge < -0.3 is 4.74 Å². The Morgan fingerprint density at radius 1 is 1.03 bits per heavy atom. The molecule has 0 unspecified atom stereocenters. The number of halogens is 2. The molecule has 158 valence electrons. The second-order valence-electron chi connectivity index (χ2n) is 6.98. The van der Waals surface area contributed by atoms with Crippen molar-refractivity contribution >= 4 is 55.8 Å². The number of rotatable bonds is 7. The Labute approximate surface area is 195 Å². The van der Waals surface area contributed by atoms with Gasteiger partial charge in [0, 0.05) is 5.02 Å². The number of carbonyl (C=O) groups excluding carboxylic acids is 1. The van der Waals surface area contributed by atoms with Crippen molar-refractivity contribution in [2.75, 3.05) is 11.5 Å². The zero-order valence-electron chi connectivity index (χ0n) is 16.8. The minimum atomic E-state index is -0.204. The van der Waals surface area contributed by atoms with Gasteiger partial charge in [0.05, 0.1) is 21.8 Å².